The van der Waals surface area contributed by atoms with Crippen LogP contribution < -0.4 is 10.6 Å². The van der Waals surface area contributed by atoms with E-state index in [0.717, 1.165) is 38.5 Å². The van der Waals surface area contributed by atoms with Crippen LogP contribution >= 0.6 is 0 Å². The first-order chi connectivity index (χ1) is 22.4. The maximum Gasteiger partial charge on any atom is 0.329 e. The molecule has 12 heteroatoms. The van der Waals surface area contributed by atoms with Gasteiger partial charge in [-0.3, -0.25) is 24.0 Å². The van der Waals surface area contributed by atoms with Crippen molar-refractivity contribution in [1.29, 1.82) is 0 Å². The molecule has 0 saturated carbocycles. The number of carboxylic acid groups (broad SMARTS) is 2. The second-order valence-corrected chi connectivity index (χ2v) is 14.7. The van der Waals surface area contributed by atoms with Crippen molar-refractivity contribution in [2.24, 2.45) is 0 Å². The summed E-state index contributed by atoms with van der Waals surface area (Å²) in [4.78, 5) is 71.5. The fraction of sp³-hybridized carbons (Fsp3) is 0.833. The predicted molar refractivity (Wildman–Crippen MR) is 183 cm³/mol. The fourth-order valence-corrected chi connectivity index (χ4v) is 5.13. The molecule has 0 fully saturated rings. The molecule has 0 spiro atoms. The lowest BCUT2D eigenvalue weighted by Crippen LogP contribution is -2.45. The van der Waals surface area contributed by atoms with Gasteiger partial charge in [-0.2, -0.15) is 0 Å². The molecule has 278 valence electrons. The minimum absolute atomic E-state index is 0.0742. The van der Waals surface area contributed by atoms with Crippen molar-refractivity contribution in [2.75, 3.05) is 0 Å². The molecule has 48 heavy (non-hydrogen) atoms. The Kier molecular flexibility index (Phi) is 23.2. The van der Waals surface area contributed by atoms with Crippen molar-refractivity contribution in [3.8, 4) is 0 Å². The Hall–Kier alpha value is -3.18. The highest BCUT2D eigenvalue weighted by Crippen LogP contribution is 2.16. The van der Waals surface area contributed by atoms with Crippen LogP contribution in [0.3, 0.4) is 0 Å². The van der Waals surface area contributed by atoms with Crippen molar-refractivity contribution in [2.45, 2.75) is 193 Å². The number of ether oxygens (including phenoxy) is 2. The molecule has 4 N–H and O–H groups in total. The molecular formula is C36H64N2O10. The van der Waals surface area contributed by atoms with E-state index in [1.54, 1.807) is 20.8 Å². The summed E-state index contributed by atoms with van der Waals surface area (Å²) < 4.78 is 10.7. The van der Waals surface area contributed by atoms with Crippen LogP contribution in [0.5, 0.6) is 0 Å². The van der Waals surface area contributed by atoms with E-state index in [-0.39, 0.29) is 31.1 Å². The number of hydrogen-bond acceptors (Lipinski definition) is 8. The molecule has 12 nitrogen and oxygen atoms in total. The van der Waals surface area contributed by atoms with Crippen LogP contribution in [-0.4, -0.2) is 69.2 Å². The minimum Gasteiger partial charge on any atom is -0.481 e. The van der Waals surface area contributed by atoms with Crippen LogP contribution in [0.2, 0.25) is 0 Å². The van der Waals surface area contributed by atoms with E-state index in [9.17, 15) is 28.8 Å². The maximum absolute atomic E-state index is 12.8. The summed E-state index contributed by atoms with van der Waals surface area (Å²) in [6.07, 6.45) is 14.7. The minimum atomic E-state index is -1.25. The molecule has 0 heterocycles. The summed E-state index contributed by atoms with van der Waals surface area (Å²) in [7, 11) is 0. The normalized spacial score (nSPS) is 12.3. The molecule has 0 aliphatic carbocycles. The molecule has 0 radical (unpaired) electrons. The molecule has 0 aliphatic heterocycles. The third kappa shape index (κ3) is 29.0. The van der Waals surface area contributed by atoms with Crippen LogP contribution in [0, 0.1) is 0 Å². The number of nitrogens with one attached hydrogen (secondary N) is 2. The average molecular weight is 685 g/mol. The molecule has 0 rings (SSSR count). The van der Waals surface area contributed by atoms with E-state index in [4.69, 9.17) is 19.7 Å². The molecule has 0 bridgehead atoms. The number of carboxylic acids is 2. The van der Waals surface area contributed by atoms with Crippen LogP contribution in [0.4, 0.5) is 0 Å². The fourth-order valence-electron chi connectivity index (χ4n) is 5.13. The van der Waals surface area contributed by atoms with E-state index in [2.05, 4.69) is 10.6 Å². The van der Waals surface area contributed by atoms with E-state index < -0.39 is 59.9 Å². The number of carbonyl (C=O) groups is 6. The van der Waals surface area contributed by atoms with Gasteiger partial charge in [0.25, 0.3) is 0 Å². The number of carbonyl (C=O) groups excluding carboxylic acids is 4. The van der Waals surface area contributed by atoms with Gasteiger partial charge in [0.1, 0.15) is 17.2 Å². The predicted octanol–water partition coefficient (Wildman–Crippen LogP) is 6.61. The van der Waals surface area contributed by atoms with Gasteiger partial charge in [0.2, 0.25) is 11.8 Å². The number of esters is 2. The van der Waals surface area contributed by atoms with Crippen LogP contribution in [-0.2, 0) is 38.2 Å². The molecule has 0 aromatic rings. The number of aliphatic carboxylic acids is 2. The molecule has 0 aromatic heterocycles. The van der Waals surface area contributed by atoms with Gasteiger partial charge in [-0.15, -0.1) is 0 Å². The molecule has 2 amide bonds. The van der Waals surface area contributed by atoms with Gasteiger partial charge < -0.3 is 30.3 Å². The summed E-state index contributed by atoms with van der Waals surface area (Å²) in [5.74, 6) is -4.21. The smallest absolute Gasteiger partial charge is 0.329 e. The van der Waals surface area contributed by atoms with Crippen LogP contribution in [0.25, 0.3) is 0 Å². The summed E-state index contributed by atoms with van der Waals surface area (Å²) in [5, 5.41) is 23.0. The lowest BCUT2D eigenvalue weighted by molar-refractivity contribution is -0.159. The highest BCUT2D eigenvalue weighted by atomic mass is 16.6. The number of rotatable bonds is 27. The van der Waals surface area contributed by atoms with E-state index in [1.165, 1.54) is 44.9 Å². The maximum atomic E-state index is 12.8. The third-order valence-electron chi connectivity index (χ3n) is 7.35. The first-order valence-corrected chi connectivity index (χ1v) is 17.8. The lowest BCUT2D eigenvalue weighted by atomic mass is 10.0. The monoisotopic (exact) mass is 684 g/mol. The van der Waals surface area contributed by atoms with Crippen molar-refractivity contribution in [1.82, 2.24) is 10.6 Å². The van der Waals surface area contributed by atoms with Gasteiger partial charge in [0, 0.05) is 25.3 Å². The zero-order chi connectivity index (χ0) is 36.6. The topological polar surface area (TPSA) is 185 Å². The Balaban J connectivity index is 4.19. The largest absolute Gasteiger partial charge is 0.481 e. The zero-order valence-electron chi connectivity index (χ0n) is 30.5. The Bertz CT molecular complexity index is 968. The van der Waals surface area contributed by atoms with E-state index in [1.807, 2.05) is 20.8 Å². The average Bonchev–Trinajstić information content (AvgIpc) is 2.92. The highest BCUT2D eigenvalue weighted by molar-refractivity contribution is 5.85. The first-order valence-electron chi connectivity index (χ1n) is 17.8. The molecule has 0 aromatic carbocycles. The van der Waals surface area contributed by atoms with E-state index >= 15 is 0 Å². The zero-order valence-corrected chi connectivity index (χ0v) is 30.5. The third-order valence-corrected chi connectivity index (χ3v) is 7.35. The lowest BCUT2D eigenvalue weighted by Gasteiger charge is -2.25. The molecule has 0 saturated heterocycles. The van der Waals surface area contributed by atoms with Crippen LogP contribution in [0.1, 0.15) is 170 Å². The summed E-state index contributed by atoms with van der Waals surface area (Å²) in [5.41, 5.74) is -1.21. The summed E-state index contributed by atoms with van der Waals surface area (Å²) >= 11 is 0. The molecule has 0 unspecified atom stereocenters. The Morgan fingerprint density at radius 3 is 1.29 bits per heavy atom. The van der Waals surface area contributed by atoms with Gasteiger partial charge in [0.15, 0.2) is 0 Å². The van der Waals surface area contributed by atoms with Gasteiger partial charge >= 0.3 is 23.9 Å². The van der Waals surface area contributed by atoms with Crippen molar-refractivity contribution in [3.63, 3.8) is 0 Å². The SMILES string of the molecule is CC(C)(C)OC(=O)CCCCCCCCCCCCCCCCC(=O)N[C@@H](CCC(=O)NC(CC(=O)O)CC(=O)O)C(=O)OC(C)(C)C. The van der Waals surface area contributed by atoms with Gasteiger partial charge in [-0.25, -0.2) is 4.79 Å². The van der Waals surface area contributed by atoms with Crippen molar-refractivity contribution < 1.29 is 48.5 Å². The van der Waals surface area contributed by atoms with Crippen molar-refractivity contribution in [3.05, 3.63) is 0 Å². The van der Waals surface area contributed by atoms with Crippen molar-refractivity contribution >= 4 is 35.7 Å². The molecular weight excluding hydrogens is 620 g/mol. The number of amides is 2. The molecule has 0 aliphatic rings. The number of hydrogen-bond donors (Lipinski definition) is 4. The Morgan fingerprint density at radius 1 is 0.521 bits per heavy atom. The number of unbranched alkanes of at least 4 members (excludes halogenated alkanes) is 13. The Morgan fingerprint density at radius 2 is 0.896 bits per heavy atom. The van der Waals surface area contributed by atoms with Gasteiger partial charge in [-0.1, -0.05) is 77.0 Å². The second-order valence-electron chi connectivity index (χ2n) is 14.7. The quantitative estimate of drug-likeness (QED) is 0.0542. The van der Waals surface area contributed by atoms with Gasteiger partial charge in [-0.05, 0) is 60.8 Å². The van der Waals surface area contributed by atoms with E-state index in [0.29, 0.717) is 12.8 Å². The summed E-state index contributed by atoms with van der Waals surface area (Å²) in [6, 6.07) is -2.16. The Labute approximate surface area is 287 Å². The van der Waals surface area contributed by atoms with Gasteiger partial charge in [0.05, 0.1) is 12.8 Å². The van der Waals surface area contributed by atoms with Crippen LogP contribution in [0.15, 0.2) is 0 Å². The highest BCUT2D eigenvalue weighted by Gasteiger charge is 2.28. The standard InChI is InChI=1S/C36H64N2O10/c1-35(2,3)47-33(45)22-20-18-16-14-12-10-8-7-9-11-13-15-17-19-21-29(39)38-28(34(46)48-36(4,5)6)23-24-30(40)37-27(25-31(41)42)26-32(43)44/h27-28H,7-26H2,1-6H3,(H,37,40)(H,38,39)(H,41,42)(H,43,44)/t28-/m0/s1. The first kappa shape index (κ1) is 44.8. The second kappa shape index (κ2) is 24.9. The summed E-state index contributed by atoms with van der Waals surface area (Å²) in [6.45, 7) is 10.7. The molecule has 1 atom stereocenters.